The Kier molecular flexibility index (Phi) is 6.59. The summed E-state index contributed by atoms with van der Waals surface area (Å²) in [7, 11) is 0. The molecule has 5 heteroatoms. The molecule has 23 heavy (non-hydrogen) atoms. The summed E-state index contributed by atoms with van der Waals surface area (Å²) in [6, 6.07) is 9.00. The molecule has 1 heterocycles. The first-order valence-electron chi connectivity index (χ1n) is 8.29. The van der Waals surface area contributed by atoms with Crippen molar-refractivity contribution in [2.24, 2.45) is 5.92 Å². The van der Waals surface area contributed by atoms with E-state index in [9.17, 15) is 9.59 Å². The van der Waals surface area contributed by atoms with E-state index in [0.29, 0.717) is 6.54 Å². The van der Waals surface area contributed by atoms with E-state index >= 15 is 0 Å². The molecule has 1 saturated heterocycles. The molecule has 0 aliphatic carbocycles. The molecule has 0 unspecified atom stereocenters. The van der Waals surface area contributed by atoms with Crippen molar-refractivity contribution >= 4 is 11.8 Å². The second-order valence-corrected chi connectivity index (χ2v) is 6.33. The highest BCUT2D eigenvalue weighted by Gasteiger charge is 2.25. The van der Waals surface area contributed by atoms with Crippen LogP contribution in [0.2, 0.25) is 0 Å². The van der Waals surface area contributed by atoms with Gasteiger partial charge in [-0.25, -0.2) is 0 Å². The lowest BCUT2D eigenvalue weighted by Gasteiger charge is -2.22. The summed E-state index contributed by atoms with van der Waals surface area (Å²) in [5.41, 5.74) is 0.937. The predicted octanol–water partition coefficient (Wildman–Crippen LogP) is 1.67. The van der Waals surface area contributed by atoms with Crippen LogP contribution in [0.4, 0.5) is 0 Å². The minimum atomic E-state index is -0.521. The third-order valence-corrected chi connectivity index (χ3v) is 4.00. The molecule has 2 amide bonds. The second-order valence-electron chi connectivity index (χ2n) is 6.33. The van der Waals surface area contributed by atoms with Gasteiger partial charge >= 0.3 is 0 Å². The quantitative estimate of drug-likeness (QED) is 0.803. The Bertz CT molecular complexity index is 510. The predicted molar refractivity (Wildman–Crippen MR) is 88.9 cm³/mol. The smallest absolute Gasteiger partial charge is 0.242 e. The van der Waals surface area contributed by atoms with Crippen molar-refractivity contribution in [2.75, 3.05) is 13.2 Å². The first kappa shape index (κ1) is 17.5. The van der Waals surface area contributed by atoms with E-state index in [1.165, 1.54) is 0 Å². The van der Waals surface area contributed by atoms with Gasteiger partial charge in [-0.3, -0.25) is 9.59 Å². The van der Waals surface area contributed by atoms with Crippen LogP contribution in [0.3, 0.4) is 0 Å². The van der Waals surface area contributed by atoms with Crippen molar-refractivity contribution in [3.63, 3.8) is 0 Å². The van der Waals surface area contributed by atoms with Crippen LogP contribution in [0.15, 0.2) is 30.3 Å². The van der Waals surface area contributed by atoms with Crippen molar-refractivity contribution in [1.82, 2.24) is 10.6 Å². The maximum Gasteiger partial charge on any atom is 0.242 e. The van der Waals surface area contributed by atoms with Gasteiger partial charge in [0.1, 0.15) is 6.04 Å². The maximum atomic E-state index is 12.3. The summed E-state index contributed by atoms with van der Waals surface area (Å²) in [5, 5.41) is 5.74. The van der Waals surface area contributed by atoms with E-state index in [1.54, 1.807) is 0 Å². The zero-order valence-corrected chi connectivity index (χ0v) is 13.9. The van der Waals surface area contributed by atoms with Gasteiger partial charge in [0.25, 0.3) is 0 Å². The number of ether oxygens (including phenoxy) is 1. The maximum absolute atomic E-state index is 12.3. The summed E-state index contributed by atoms with van der Waals surface area (Å²) >= 11 is 0. The molecule has 2 rings (SSSR count). The molecule has 2 atom stereocenters. The average molecular weight is 318 g/mol. The summed E-state index contributed by atoms with van der Waals surface area (Å²) in [6.45, 7) is 5.14. The molecule has 0 radical (unpaired) electrons. The van der Waals surface area contributed by atoms with Gasteiger partial charge in [0.15, 0.2) is 0 Å². The van der Waals surface area contributed by atoms with E-state index in [0.717, 1.165) is 25.0 Å². The topological polar surface area (TPSA) is 67.4 Å². The summed E-state index contributed by atoms with van der Waals surface area (Å²) < 4.78 is 5.50. The molecule has 1 aliphatic rings. The standard InChI is InChI=1S/C18H26N2O3/c1-13(2)17(18(22)19-12-15-9-6-10-23-15)20-16(21)11-14-7-4-3-5-8-14/h3-5,7-8,13,15,17H,6,9-12H2,1-2H3,(H,19,22)(H,20,21)/t15-,17+/m1/s1. The second kappa shape index (κ2) is 8.67. The molecule has 2 N–H and O–H groups in total. The van der Waals surface area contributed by atoms with Crippen molar-refractivity contribution in [3.05, 3.63) is 35.9 Å². The Morgan fingerprint density at radius 2 is 2.00 bits per heavy atom. The zero-order valence-electron chi connectivity index (χ0n) is 13.9. The molecule has 126 valence electrons. The van der Waals surface area contributed by atoms with E-state index in [2.05, 4.69) is 10.6 Å². The fourth-order valence-corrected chi connectivity index (χ4v) is 2.67. The van der Waals surface area contributed by atoms with Crippen molar-refractivity contribution < 1.29 is 14.3 Å². The number of rotatable bonds is 7. The summed E-state index contributed by atoms with van der Waals surface area (Å²) in [5.74, 6) is -0.252. The van der Waals surface area contributed by atoms with Gasteiger partial charge in [-0.1, -0.05) is 44.2 Å². The van der Waals surface area contributed by atoms with Crippen LogP contribution < -0.4 is 10.6 Å². The van der Waals surface area contributed by atoms with Crippen LogP contribution in [0.1, 0.15) is 32.3 Å². The Balaban J connectivity index is 1.84. The van der Waals surface area contributed by atoms with Crippen molar-refractivity contribution in [2.45, 2.75) is 45.3 Å². The molecule has 0 spiro atoms. The summed E-state index contributed by atoms with van der Waals surface area (Å²) in [6.07, 6.45) is 2.41. The van der Waals surface area contributed by atoms with E-state index in [1.807, 2.05) is 44.2 Å². The number of hydrogen-bond acceptors (Lipinski definition) is 3. The Morgan fingerprint density at radius 1 is 1.26 bits per heavy atom. The molecule has 0 saturated carbocycles. The van der Waals surface area contributed by atoms with Gasteiger partial charge in [0, 0.05) is 13.2 Å². The number of benzene rings is 1. The molecule has 1 aliphatic heterocycles. The molecular weight excluding hydrogens is 292 g/mol. The number of nitrogens with one attached hydrogen (secondary N) is 2. The van der Waals surface area contributed by atoms with E-state index in [-0.39, 0.29) is 30.3 Å². The molecule has 5 nitrogen and oxygen atoms in total. The molecule has 1 aromatic carbocycles. The lowest BCUT2D eigenvalue weighted by atomic mass is 10.0. The third kappa shape index (κ3) is 5.67. The molecule has 1 fully saturated rings. The SMILES string of the molecule is CC(C)[C@H](NC(=O)Cc1ccccc1)C(=O)NC[C@H]1CCCO1. The highest BCUT2D eigenvalue weighted by molar-refractivity contribution is 5.88. The zero-order chi connectivity index (χ0) is 16.7. The summed E-state index contributed by atoms with van der Waals surface area (Å²) in [4.78, 5) is 24.5. The van der Waals surface area contributed by atoms with Crippen LogP contribution in [-0.2, 0) is 20.7 Å². The molecule has 0 bridgehead atoms. The van der Waals surface area contributed by atoms with Gasteiger partial charge in [-0.15, -0.1) is 0 Å². The highest BCUT2D eigenvalue weighted by Crippen LogP contribution is 2.11. The fraction of sp³-hybridized carbons (Fsp3) is 0.556. The van der Waals surface area contributed by atoms with E-state index in [4.69, 9.17) is 4.74 Å². The normalized spacial score (nSPS) is 18.7. The van der Waals surface area contributed by atoms with Gasteiger partial charge in [-0.2, -0.15) is 0 Å². The number of hydrogen-bond donors (Lipinski definition) is 2. The minimum Gasteiger partial charge on any atom is -0.376 e. The van der Waals surface area contributed by atoms with Gasteiger partial charge in [-0.05, 0) is 24.3 Å². The van der Waals surface area contributed by atoms with Crippen LogP contribution in [0, 0.1) is 5.92 Å². The third-order valence-electron chi connectivity index (χ3n) is 4.00. The minimum absolute atomic E-state index is 0.0271. The lowest BCUT2D eigenvalue weighted by Crippen LogP contribution is -2.51. The Morgan fingerprint density at radius 3 is 2.61 bits per heavy atom. The first-order chi connectivity index (χ1) is 11.1. The van der Waals surface area contributed by atoms with Gasteiger partial charge < -0.3 is 15.4 Å². The Hall–Kier alpha value is -1.88. The largest absolute Gasteiger partial charge is 0.376 e. The van der Waals surface area contributed by atoms with Crippen LogP contribution in [0.5, 0.6) is 0 Å². The highest BCUT2D eigenvalue weighted by atomic mass is 16.5. The average Bonchev–Trinajstić information content (AvgIpc) is 3.04. The van der Waals surface area contributed by atoms with Crippen molar-refractivity contribution in [3.8, 4) is 0 Å². The van der Waals surface area contributed by atoms with E-state index < -0.39 is 6.04 Å². The fourth-order valence-electron chi connectivity index (χ4n) is 2.67. The van der Waals surface area contributed by atoms with Gasteiger partial charge in [0.2, 0.25) is 11.8 Å². The van der Waals surface area contributed by atoms with Gasteiger partial charge in [0.05, 0.1) is 12.5 Å². The number of carbonyl (C=O) groups excluding carboxylic acids is 2. The Labute approximate surface area is 137 Å². The molecule has 1 aromatic rings. The molecular formula is C18H26N2O3. The number of carbonyl (C=O) groups is 2. The lowest BCUT2D eigenvalue weighted by molar-refractivity contribution is -0.130. The monoisotopic (exact) mass is 318 g/mol. The van der Waals surface area contributed by atoms with Crippen LogP contribution in [0.25, 0.3) is 0 Å². The first-order valence-corrected chi connectivity index (χ1v) is 8.29. The van der Waals surface area contributed by atoms with Crippen LogP contribution in [-0.4, -0.2) is 37.1 Å². The number of amides is 2. The molecule has 0 aromatic heterocycles. The van der Waals surface area contributed by atoms with Crippen molar-refractivity contribution in [1.29, 1.82) is 0 Å². The van der Waals surface area contributed by atoms with Crippen LogP contribution >= 0.6 is 0 Å².